The zero-order chi connectivity index (χ0) is 18.6. The van der Waals surface area contributed by atoms with Crippen LogP contribution in [0.25, 0.3) is 17.3 Å². The second kappa shape index (κ2) is 7.77. The number of hydrogen-bond donors (Lipinski definition) is 1. The first kappa shape index (κ1) is 17.5. The van der Waals surface area contributed by atoms with Gasteiger partial charge in [-0.25, -0.2) is 4.98 Å². The number of carbonyl (C=O) groups is 1. The van der Waals surface area contributed by atoms with E-state index in [0.29, 0.717) is 22.5 Å². The normalized spacial score (nSPS) is 10.9. The molecule has 7 nitrogen and oxygen atoms in total. The molecule has 4 rings (SSSR count). The van der Waals surface area contributed by atoms with Gasteiger partial charge in [-0.3, -0.25) is 9.36 Å². The highest BCUT2D eigenvalue weighted by atomic mass is 32.2. The summed E-state index contributed by atoms with van der Waals surface area (Å²) in [5, 5.41) is 14.6. The summed E-state index contributed by atoms with van der Waals surface area (Å²) in [5.41, 5.74) is 1.82. The number of aromatic nitrogens is 4. The zero-order valence-electron chi connectivity index (χ0n) is 14.3. The molecular weight excluding hydrogens is 382 g/mol. The van der Waals surface area contributed by atoms with Gasteiger partial charge in [0.25, 0.3) is 0 Å². The molecule has 0 aliphatic heterocycles. The molecule has 0 aliphatic carbocycles. The topological polar surface area (TPSA) is 85.8 Å². The number of nitrogens with one attached hydrogen (secondary N) is 1. The van der Waals surface area contributed by atoms with Crippen molar-refractivity contribution in [3.05, 3.63) is 59.8 Å². The molecule has 27 heavy (non-hydrogen) atoms. The van der Waals surface area contributed by atoms with Crippen molar-refractivity contribution in [3.8, 4) is 17.3 Å². The van der Waals surface area contributed by atoms with Crippen molar-refractivity contribution in [1.82, 2.24) is 19.7 Å². The standard InChI is InChI=1S/C18H15N5O2S2/c1-12(24)19-17-20-13(10-26-17)11-27-18-22-21-16(15-8-5-9-25-15)23(18)14-6-3-2-4-7-14/h2-10H,11H2,1H3,(H,19,20,24). The summed E-state index contributed by atoms with van der Waals surface area (Å²) in [6.45, 7) is 1.47. The number of para-hydroxylation sites is 1. The largest absolute Gasteiger partial charge is 0.461 e. The fourth-order valence-corrected chi connectivity index (χ4v) is 4.16. The minimum atomic E-state index is -0.129. The van der Waals surface area contributed by atoms with Crippen molar-refractivity contribution >= 4 is 34.1 Å². The van der Waals surface area contributed by atoms with E-state index in [1.165, 1.54) is 30.0 Å². The molecule has 1 aromatic carbocycles. The summed E-state index contributed by atoms with van der Waals surface area (Å²) >= 11 is 2.93. The third-order valence-electron chi connectivity index (χ3n) is 3.57. The van der Waals surface area contributed by atoms with Crippen molar-refractivity contribution in [2.24, 2.45) is 0 Å². The van der Waals surface area contributed by atoms with Crippen LogP contribution in [0.5, 0.6) is 0 Å². The third kappa shape index (κ3) is 3.93. The molecule has 0 fully saturated rings. The third-order valence-corrected chi connectivity index (χ3v) is 5.34. The Labute approximate surface area is 163 Å². The molecule has 0 unspecified atom stereocenters. The minimum Gasteiger partial charge on any atom is -0.461 e. The fourth-order valence-electron chi connectivity index (χ4n) is 2.46. The SMILES string of the molecule is CC(=O)Nc1nc(CSc2nnc(-c3ccco3)n2-c2ccccc2)cs1. The zero-order valence-corrected chi connectivity index (χ0v) is 16.0. The van der Waals surface area contributed by atoms with E-state index in [1.807, 2.05) is 52.4 Å². The average molecular weight is 397 g/mol. The highest BCUT2D eigenvalue weighted by Gasteiger charge is 2.18. The van der Waals surface area contributed by atoms with Gasteiger partial charge in [-0.1, -0.05) is 30.0 Å². The first-order valence-corrected chi connectivity index (χ1v) is 9.97. The molecule has 1 amide bonds. The van der Waals surface area contributed by atoms with Gasteiger partial charge in [0.05, 0.1) is 12.0 Å². The van der Waals surface area contributed by atoms with Crippen LogP contribution in [-0.2, 0) is 10.5 Å². The molecule has 4 aromatic rings. The van der Waals surface area contributed by atoms with Crippen LogP contribution < -0.4 is 5.32 Å². The lowest BCUT2D eigenvalue weighted by atomic mass is 10.3. The smallest absolute Gasteiger partial charge is 0.223 e. The summed E-state index contributed by atoms with van der Waals surface area (Å²) in [5.74, 6) is 1.78. The number of amides is 1. The maximum absolute atomic E-state index is 11.1. The van der Waals surface area contributed by atoms with Gasteiger partial charge in [-0.2, -0.15) is 0 Å². The van der Waals surface area contributed by atoms with Gasteiger partial charge in [0.15, 0.2) is 16.0 Å². The second-order valence-corrected chi connectivity index (χ2v) is 7.37. The van der Waals surface area contributed by atoms with Gasteiger partial charge in [0, 0.05) is 23.7 Å². The summed E-state index contributed by atoms with van der Waals surface area (Å²) in [7, 11) is 0. The van der Waals surface area contributed by atoms with E-state index < -0.39 is 0 Å². The van der Waals surface area contributed by atoms with Crippen LogP contribution in [0.2, 0.25) is 0 Å². The number of rotatable bonds is 6. The van der Waals surface area contributed by atoms with Crippen LogP contribution in [0, 0.1) is 0 Å². The Morgan fingerprint density at radius 2 is 2.07 bits per heavy atom. The average Bonchev–Trinajstić information content (AvgIpc) is 3.40. The molecule has 0 aliphatic rings. The van der Waals surface area contributed by atoms with Gasteiger partial charge >= 0.3 is 0 Å². The molecule has 0 spiro atoms. The number of nitrogens with zero attached hydrogens (tertiary/aromatic N) is 4. The van der Waals surface area contributed by atoms with Crippen molar-refractivity contribution in [3.63, 3.8) is 0 Å². The van der Waals surface area contributed by atoms with Crippen LogP contribution in [0.15, 0.2) is 63.7 Å². The highest BCUT2D eigenvalue weighted by molar-refractivity contribution is 7.98. The van der Waals surface area contributed by atoms with Crippen LogP contribution in [0.1, 0.15) is 12.6 Å². The van der Waals surface area contributed by atoms with Crippen molar-refractivity contribution in [2.45, 2.75) is 17.8 Å². The number of anilines is 1. The van der Waals surface area contributed by atoms with Crippen LogP contribution in [0.4, 0.5) is 5.13 Å². The minimum absolute atomic E-state index is 0.129. The number of thioether (sulfide) groups is 1. The predicted molar refractivity (Wildman–Crippen MR) is 105 cm³/mol. The number of thiazole rings is 1. The van der Waals surface area contributed by atoms with Gasteiger partial charge < -0.3 is 9.73 Å². The maximum Gasteiger partial charge on any atom is 0.223 e. The first-order valence-electron chi connectivity index (χ1n) is 8.10. The lowest BCUT2D eigenvalue weighted by Gasteiger charge is -2.08. The maximum atomic E-state index is 11.1. The Morgan fingerprint density at radius 3 is 2.81 bits per heavy atom. The van der Waals surface area contributed by atoms with Crippen molar-refractivity contribution in [1.29, 1.82) is 0 Å². The quantitative estimate of drug-likeness (QED) is 0.490. The predicted octanol–water partition coefficient (Wildman–Crippen LogP) is 4.23. The van der Waals surface area contributed by atoms with Gasteiger partial charge in [-0.05, 0) is 24.3 Å². The van der Waals surface area contributed by atoms with Gasteiger partial charge in [0.2, 0.25) is 11.7 Å². The van der Waals surface area contributed by atoms with Crippen molar-refractivity contribution in [2.75, 3.05) is 5.32 Å². The Bertz CT molecular complexity index is 1040. The van der Waals surface area contributed by atoms with Crippen molar-refractivity contribution < 1.29 is 9.21 Å². The van der Waals surface area contributed by atoms with E-state index in [0.717, 1.165) is 16.5 Å². The van der Waals surface area contributed by atoms with E-state index in [9.17, 15) is 4.79 Å². The van der Waals surface area contributed by atoms with Gasteiger partial charge in [-0.15, -0.1) is 21.5 Å². The molecular formula is C18H15N5O2S2. The number of carbonyl (C=O) groups excluding carboxylic acids is 1. The van der Waals surface area contributed by atoms with E-state index in [2.05, 4.69) is 20.5 Å². The Morgan fingerprint density at radius 1 is 1.22 bits per heavy atom. The number of benzene rings is 1. The molecule has 0 radical (unpaired) electrons. The first-order chi connectivity index (χ1) is 13.2. The molecule has 0 atom stereocenters. The summed E-state index contributed by atoms with van der Waals surface area (Å²) in [6, 6.07) is 13.6. The monoisotopic (exact) mass is 397 g/mol. The summed E-state index contributed by atoms with van der Waals surface area (Å²) < 4.78 is 7.48. The van der Waals surface area contributed by atoms with Crippen LogP contribution >= 0.6 is 23.1 Å². The molecule has 1 N–H and O–H groups in total. The molecule has 3 aromatic heterocycles. The Hall–Kier alpha value is -2.91. The molecule has 136 valence electrons. The lowest BCUT2D eigenvalue weighted by Crippen LogP contribution is -2.05. The summed E-state index contributed by atoms with van der Waals surface area (Å²) in [6.07, 6.45) is 1.62. The fraction of sp³-hybridized carbons (Fsp3) is 0.111. The van der Waals surface area contributed by atoms with Gasteiger partial charge in [0.1, 0.15) is 0 Å². The lowest BCUT2D eigenvalue weighted by molar-refractivity contribution is -0.114. The Balaban J connectivity index is 1.61. The second-order valence-electron chi connectivity index (χ2n) is 5.57. The molecule has 0 saturated heterocycles. The summed E-state index contributed by atoms with van der Waals surface area (Å²) in [4.78, 5) is 15.6. The Kier molecular flexibility index (Phi) is 5.03. The molecule has 0 saturated carbocycles. The van der Waals surface area contributed by atoms with Crippen LogP contribution in [0.3, 0.4) is 0 Å². The molecule has 9 heteroatoms. The van der Waals surface area contributed by atoms with E-state index in [-0.39, 0.29) is 5.91 Å². The number of hydrogen-bond acceptors (Lipinski definition) is 7. The molecule has 3 heterocycles. The number of furan rings is 1. The van der Waals surface area contributed by atoms with Crippen LogP contribution in [-0.4, -0.2) is 25.7 Å². The van der Waals surface area contributed by atoms with E-state index >= 15 is 0 Å². The highest BCUT2D eigenvalue weighted by Crippen LogP contribution is 2.30. The van der Waals surface area contributed by atoms with E-state index in [4.69, 9.17) is 4.42 Å². The van der Waals surface area contributed by atoms with E-state index in [1.54, 1.807) is 6.26 Å². The molecule has 0 bridgehead atoms.